The molecule has 4 rings (SSSR count). The quantitative estimate of drug-likeness (QED) is 0.176. The van der Waals surface area contributed by atoms with Crippen LogP contribution in [-0.2, 0) is 17.8 Å². The minimum atomic E-state index is -0.832. The average molecular weight is 579 g/mol. The maximum atomic E-state index is 12.8. The van der Waals surface area contributed by atoms with Crippen molar-refractivity contribution in [3.63, 3.8) is 0 Å². The van der Waals surface area contributed by atoms with Crippen LogP contribution in [0, 0.1) is 5.92 Å². The number of fused-ring (bicyclic) bond motifs is 1. The number of thiazole rings is 1. The van der Waals surface area contributed by atoms with E-state index in [1.165, 1.54) is 11.3 Å². The van der Waals surface area contributed by atoms with Crippen LogP contribution in [0.1, 0.15) is 31.9 Å². The molecule has 9 heteroatoms. The molecule has 0 saturated heterocycles. The number of nitrogens with one attached hydrogen (secondary N) is 1. The van der Waals surface area contributed by atoms with E-state index in [-0.39, 0.29) is 17.3 Å². The minimum Gasteiger partial charge on any atom is -0.445 e. The van der Waals surface area contributed by atoms with Crippen LogP contribution < -0.4 is 11.1 Å². The van der Waals surface area contributed by atoms with Gasteiger partial charge in [0.2, 0.25) is 0 Å². The van der Waals surface area contributed by atoms with Crippen LogP contribution in [0.15, 0.2) is 83.8 Å². The number of aromatic nitrogens is 1. The first-order valence-corrected chi connectivity index (χ1v) is 15.5. The van der Waals surface area contributed by atoms with Crippen molar-refractivity contribution in [3.8, 4) is 0 Å². The van der Waals surface area contributed by atoms with Gasteiger partial charge < -0.3 is 20.9 Å². The van der Waals surface area contributed by atoms with E-state index in [0.29, 0.717) is 24.0 Å². The lowest BCUT2D eigenvalue weighted by molar-refractivity contribution is 0.0891. The van der Waals surface area contributed by atoms with Gasteiger partial charge in [-0.05, 0) is 54.0 Å². The monoisotopic (exact) mass is 578 g/mol. The Morgan fingerprint density at radius 1 is 1.07 bits per heavy atom. The number of nitrogens with two attached hydrogens (primary N) is 1. The Bertz CT molecular complexity index is 1410. The van der Waals surface area contributed by atoms with E-state index in [4.69, 9.17) is 10.5 Å². The fourth-order valence-corrected chi connectivity index (χ4v) is 7.47. The number of nitrogen functional groups attached to an aromatic ring is 1. The summed E-state index contributed by atoms with van der Waals surface area (Å²) < 4.78 is 8.85. The highest BCUT2D eigenvalue weighted by atomic mass is 32.2. The number of alkyl carbamates (subject to hydrolysis) is 1. The average Bonchev–Trinajstić information content (AvgIpc) is 3.32. The van der Waals surface area contributed by atoms with E-state index in [9.17, 15) is 9.90 Å². The van der Waals surface area contributed by atoms with Crippen LogP contribution in [0.25, 0.3) is 10.2 Å². The fraction of sp³-hybridized carbons (Fsp3) is 0.323. The summed E-state index contributed by atoms with van der Waals surface area (Å²) in [5.74, 6) is 0.376. The number of rotatable bonds is 12. The smallest absolute Gasteiger partial charge is 0.407 e. The molecule has 0 aliphatic carbocycles. The molecule has 7 nitrogen and oxygen atoms in total. The van der Waals surface area contributed by atoms with Crippen molar-refractivity contribution in [2.45, 2.75) is 50.8 Å². The van der Waals surface area contributed by atoms with Gasteiger partial charge in [0, 0.05) is 18.0 Å². The topological polar surface area (TPSA) is 101 Å². The summed E-state index contributed by atoms with van der Waals surface area (Å²) in [6.45, 7) is 7.72. The maximum Gasteiger partial charge on any atom is 0.407 e. The standard InChI is InChI=1S/C31H38N4O3S2/c1-4-40(25-15-16-26-29(18-25)39-30(32)33-26)35(19-22(2)3)20-28(36)27(17-23-11-7-5-8-12-23)34-31(37)38-21-24-13-9-6-10-14-24/h4-16,18,22,27-28,36H,17,19-21H2,1-3H3,(H2,32,33)(H,34,37)/t27?,28-,40?/m1/s1. The lowest BCUT2D eigenvalue weighted by atomic mass is 10.0. The molecule has 0 fully saturated rings. The zero-order chi connectivity index (χ0) is 28.5. The first-order chi connectivity index (χ1) is 19.3. The minimum absolute atomic E-state index is 0.166. The van der Waals surface area contributed by atoms with Gasteiger partial charge in [-0.25, -0.2) is 14.1 Å². The van der Waals surface area contributed by atoms with Gasteiger partial charge in [0.15, 0.2) is 5.13 Å². The largest absolute Gasteiger partial charge is 0.445 e. The molecule has 0 aliphatic rings. The molecule has 0 saturated carbocycles. The number of carbonyl (C=O) groups excluding carboxylic acids is 1. The zero-order valence-electron chi connectivity index (χ0n) is 23.2. The van der Waals surface area contributed by atoms with Gasteiger partial charge in [0.05, 0.1) is 22.4 Å². The van der Waals surface area contributed by atoms with Gasteiger partial charge in [-0.3, -0.25) is 0 Å². The van der Waals surface area contributed by atoms with E-state index in [1.54, 1.807) is 0 Å². The number of aliphatic hydroxyl groups is 1. The van der Waals surface area contributed by atoms with Gasteiger partial charge >= 0.3 is 6.09 Å². The van der Waals surface area contributed by atoms with Crippen LogP contribution in [0.5, 0.6) is 0 Å². The van der Waals surface area contributed by atoms with Crippen molar-refractivity contribution in [1.29, 1.82) is 0 Å². The number of carbonyl (C=O) groups is 1. The first kappa shape index (κ1) is 29.7. The lowest BCUT2D eigenvalue weighted by Gasteiger charge is -2.33. The highest BCUT2D eigenvalue weighted by Gasteiger charge is 2.26. The Morgan fingerprint density at radius 2 is 1.75 bits per heavy atom. The molecule has 0 spiro atoms. The number of ether oxygens (including phenoxy) is 1. The third-order valence-electron chi connectivity index (χ3n) is 6.36. The molecule has 3 atom stereocenters. The van der Waals surface area contributed by atoms with Crippen LogP contribution in [0.4, 0.5) is 9.93 Å². The van der Waals surface area contributed by atoms with Crippen molar-refractivity contribution in [2.75, 3.05) is 18.8 Å². The molecule has 0 radical (unpaired) electrons. The third kappa shape index (κ3) is 8.38. The van der Waals surface area contributed by atoms with E-state index in [2.05, 4.69) is 52.9 Å². The Morgan fingerprint density at radius 3 is 2.40 bits per heavy atom. The normalized spacial score (nSPS) is 13.9. The summed E-state index contributed by atoms with van der Waals surface area (Å²) in [7, 11) is -0.382. The second-order valence-electron chi connectivity index (χ2n) is 10.0. The maximum absolute atomic E-state index is 12.8. The van der Waals surface area contributed by atoms with Crippen molar-refractivity contribution in [3.05, 3.63) is 90.0 Å². The Labute approximate surface area is 243 Å². The molecular weight excluding hydrogens is 541 g/mol. The van der Waals surface area contributed by atoms with Gasteiger partial charge in [-0.2, -0.15) is 0 Å². The van der Waals surface area contributed by atoms with Crippen molar-refractivity contribution >= 4 is 48.8 Å². The number of nitrogens with zero attached hydrogens (tertiary/aromatic N) is 2. The summed E-state index contributed by atoms with van der Waals surface area (Å²) in [6.07, 6.45) is -0.900. The SMILES string of the molecule is C/C=S(\c1ccc2nc(N)sc2c1)N(CC(C)C)C[C@@H](O)C(Cc1ccccc1)NC(=O)OCc1ccccc1. The summed E-state index contributed by atoms with van der Waals surface area (Å²) in [5, 5.41) is 17.3. The van der Waals surface area contributed by atoms with E-state index >= 15 is 0 Å². The fourth-order valence-electron chi connectivity index (χ4n) is 4.53. The van der Waals surface area contributed by atoms with E-state index < -0.39 is 18.2 Å². The van der Waals surface area contributed by atoms with Gasteiger partial charge in [-0.1, -0.05) is 96.5 Å². The molecule has 3 aromatic carbocycles. The van der Waals surface area contributed by atoms with Gasteiger partial charge in [0.1, 0.15) is 6.61 Å². The van der Waals surface area contributed by atoms with Gasteiger partial charge in [0.25, 0.3) is 0 Å². The molecule has 1 amide bonds. The molecule has 40 heavy (non-hydrogen) atoms. The van der Waals surface area contributed by atoms with E-state index in [0.717, 1.165) is 32.8 Å². The molecule has 0 bridgehead atoms. The van der Waals surface area contributed by atoms with Gasteiger partial charge in [-0.15, -0.1) is 0 Å². The summed E-state index contributed by atoms with van der Waals surface area (Å²) in [5.41, 5.74) is 8.77. The Hall–Kier alpha value is -3.24. The number of anilines is 1. The second-order valence-corrected chi connectivity index (χ2v) is 13.2. The molecule has 0 aliphatic heterocycles. The van der Waals surface area contributed by atoms with Crippen molar-refractivity contribution < 1.29 is 14.6 Å². The summed E-state index contributed by atoms with van der Waals surface area (Å²) in [4.78, 5) is 18.4. The predicted molar refractivity (Wildman–Crippen MR) is 168 cm³/mol. The number of amides is 1. The third-order valence-corrected chi connectivity index (χ3v) is 9.24. The van der Waals surface area contributed by atoms with Crippen LogP contribution >= 0.6 is 22.0 Å². The number of aliphatic hydroxyl groups excluding tert-OH is 1. The molecule has 1 heterocycles. The van der Waals surface area contributed by atoms with Crippen LogP contribution in [0.2, 0.25) is 0 Å². The molecular formula is C31H38N4O3S2. The molecule has 4 aromatic rings. The first-order valence-electron chi connectivity index (χ1n) is 13.4. The number of hydrogen-bond donors (Lipinski definition) is 3. The number of benzene rings is 3. The lowest BCUT2D eigenvalue weighted by Crippen LogP contribution is -2.49. The number of hydrogen-bond acceptors (Lipinski definition) is 7. The summed E-state index contributed by atoms with van der Waals surface area (Å²) in [6, 6.07) is 25.1. The van der Waals surface area contributed by atoms with Crippen molar-refractivity contribution in [2.24, 2.45) is 5.92 Å². The summed E-state index contributed by atoms with van der Waals surface area (Å²) >= 11 is 1.48. The highest BCUT2D eigenvalue weighted by molar-refractivity contribution is 8.13. The predicted octanol–water partition coefficient (Wildman–Crippen LogP) is 6.10. The van der Waals surface area contributed by atoms with Crippen LogP contribution in [0.3, 0.4) is 0 Å². The van der Waals surface area contributed by atoms with Crippen molar-refractivity contribution in [1.82, 2.24) is 14.6 Å². The molecule has 4 N–H and O–H groups in total. The molecule has 212 valence electrons. The van der Waals surface area contributed by atoms with E-state index in [1.807, 2.05) is 66.7 Å². The van der Waals surface area contributed by atoms with Crippen LogP contribution in [-0.4, -0.2) is 51.1 Å². The molecule has 1 aromatic heterocycles. The Balaban J connectivity index is 1.53. The second kappa shape index (κ2) is 14.4. The Kier molecular flexibility index (Phi) is 10.7. The zero-order valence-corrected chi connectivity index (χ0v) is 24.8. The highest BCUT2D eigenvalue weighted by Crippen LogP contribution is 2.35. The molecule has 2 unspecified atom stereocenters.